The van der Waals surface area contributed by atoms with Gasteiger partial charge < -0.3 is 18.9 Å². The number of hydrogen-bond acceptors (Lipinski definition) is 6. The molecule has 146 valence electrons. The van der Waals surface area contributed by atoms with Crippen LogP contribution in [-0.2, 0) is 9.53 Å². The second-order valence-electron chi connectivity index (χ2n) is 5.45. The fourth-order valence-electron chi connectivity index (χ4n) is 2.51. The van der Waals surface area contributed by atoms with Crippen LogP contribution < -0.4 is 14.2 Å². The summed E-state index contributed by atoms with van der Waals surface area (Å²) in [5, 5.41) is 0. The molecule has 0 N–H and O–H groups in total. The van der Waals surface area contributed by atoms with Crippen molar-refractivity contribution < 1.29 is 32.5 Å². The monoisotopic (exact) mass is 453 g/mol. The summed E-state index contributed by atoms with van der Waals surface area (Å²) in [4.78, 5) is 16.4. The number of nitrogens with zero attached hydrogens (tertiary/aromatic N) is 1. The number of halogens is 3. The van der Waals surface area contributed by atoms with Crippen molar-refractivity contribution in [3.05, 3.63) is 57.7 Å². The molecule has 0 amide bonds. The molecule has 0 spiro atoms. The van der Waals surface area contributed by atoms with Gasteiger partial charge in [0.1, 0.15) is 0 Å². The fraction of sp³-hybridized carbons (Fsp3) is 0.158. The van der Waals surface area contributed by atoms with Gasteiger partial charge in [-0.05, 0) is 51.8 Å². The Kier molecular flexibility index (Phi) is 5.93. The third-order valence-corrected chi connectivity index (χ3v) is 4.41. The third kappa shape index (κ3) is 4.14. The largest absolute Gasteiger partial charge is 0.493 e. The summed E-state index contributed by atoms with van der Waals surface area (Å²) in [6.07, 6.45) is 1.43. The zero-order chi connectivity index (χ0) is 20.3. The van der Waals surface area contributed by atoms with Crippen molar-refractivity contribution in [2.45, 2.75) is 6.61 Å². The lowest BCUT2D eigenvalue weighted by molar-refractivity contribution is -0.129. The summed E-state index contributed by atoms with van der Waals surface area (Å²) in [5.74, 6) is -0.689. The molecule has 3 rings (SSSR count). The molecule has 6 nitrogen and oxygen atoms in total. The Morgan fingerprint density at radius 1 is 1.14 bits per heavy atom. The molecule has 0 saturated carbocycles. The van der Waals surface area contributed by atoms with Crippen LogP contribution in [0.3, 0.4) is 0 Å². The summed E-state index contributed by atoms with van der Waals surface area (Å²) < 4.78 is 45.9. The van der Waals surface area contributed by atoms with E-state index in [0.29, 0.717) is 11.1 Å². The van der Waals surface area contributed by atoms with Gasteiger partial charge in [-0.1, -0.05) is 12.1 Å². The van der Waals surface area contributed by atoms with E-state index < -0.39 is 12.6 Å². The predicted octanol–water partition coefficient (Wildman–Crippen LogP) is 4.41. The smallest absolute Gasteiger partial charge is 0.387 e. The second-order valence-corrected chi connectivity index (χ2v) is 6.30. The van der Waals surface area contributed by atoms with Gasteiger partial charge in [0.2, 0.25) is 11.6 Å². The normalized spacial score (nSPS) is 14.9. The Bertz CT molecular complexity index is 950. The van der Waals surface area contributed by atoms with E-state index >= 15 is 0 Å². The van der Waals surface area contributed by atoms with Crippen LogP contribution in [0.2, 0.25) is 0 Å². The fourth-order valence-corrected chi connectivity index (χ4v) is 2.96. The van der Waals surface area contributed by atoms with Crippen molar-refractivity contribution in [1.82, 2.24) is 0 Å². The zero-order valence-corrected chi connectivity index (χ0v) is 16.3. The molecule has 0 aliphatic carbocycles. The average molecular weight is 454 g/mol. The van der Waals surface area contributed by atoms with Crippen LogP contribution in [0.25, 0.3) is 6.08 Å². The highest BCUT2D eigenvalue weighted by Crippen LogP contribution is 2.40. The van der Waals surface area contributed by atoms with Gasteiger partial charge in [-0.25, -0.2) is 9.79 Å². The van der Waals surface area contributed by atoms with E-state index in [0.717, 1.165) is 4.47 Å². The predicted molar refractivity (Wildman–Crippen MR) is 101 cm³/mol. The molecule has 28 heavy (non-hydrogen) atoms. The number of aliphatic imine (C=N–C) groups is 1. The van der Waals surface area contributed by atoms with Crippen LogP contribution in [0.1, 0.15) is 11.1 Å². The SMILES string of the molecule is COc1cc(/C=C2\N=C(c3ccccc3Br)OC2=O)cc(OC)c1OC(F)F. The van der Waals surface area contributed by atoms with E-state index in [1.165, 1.54) is 32.4 Å². The molecule has 0 aromatic heterocycles. The number of benzene rings is 2. The van der Waals surface area contributed by atoms with Gasteiger partial charge in [0, 0.05) is 4.47 Å². The second kappa shape index (κ2) is 8.39. The number of methoxy groups -OCH3 is 2. The van der Waals surface area contributed by atoms with Gasteiger partial charge in [0.15, 0.2) is 17.2 Å². The molecule has 0 atom stereocenters. The van der Waals surface area contributed by atoms with Crippen LogP contribution in [0.15, 0.2) is 51.6 Å². The van der Waals surface area contributed by atoms with E-state index in [1.807, 2.05) is 6.07 Å². The lowest BCUT2D eigenvalue weighted by Gasteiger charge is -2.14. The summed E-state index contributed by atoms with van der Waals surface area (Å²) in [6.45, 7) is -3.05. The summed E-state index contributed by atoms with van der Waals surface area (Å²) in [6, 6.07) is 10.0. The minimum atomic E-state index is -3.05. The first kappa shape index (κ1) is 19.8. The van der Waals surface area contributed by atoms with Gasteiger partial charge in [-0.2, -0.15) is 8.78 Å². The average Bonchev–Trinajstić information content (AvgIpc) is 3.02. The maximum absolute atomic E-state index is 12.6. The minimum absolute atomic E-state index is 0.0212. The molecule has 2 aromatic rings. The van der Waals surface area contributed by atoms with Crippen molar-refractivity contribution in [2.24, 2.45) is 4.99 Å². The Balaban J connectivity index is 2.01. The van der Waals surface area contributed by atoms with Crippen molar-refractivity contribution in [3.8, 4) is 17.2 Å². The van der Waals surface area contributed by atoms with Crippen LogP contribution >= 0.6 is 15.9 Å². The summed E-state index contributed by atoms with van der Waals surface area (Å²) in [7, 11) is 2.61. The Labute approximate surface area is 167 Å². The van der Waals surface area contributed by atoms with E-state index in [9.17, 15) is 13.6 Å². The molecule has 0 bridgehead atoms. The lowest BCUT2D eigenvalue weighted by atomic mass is 10.1. The van der Waals surface area contributed by atoms with Crippen LogP contribution in [-0.4, -0.2) is 32.7 Å². The number of carbonyl (C=O) groups excluding carboxylic acids is 1. The molecule has 0 radical (unpaired) electrons. The molecule has 1 aliphatic heterocycles. The van der Waals surface area contributed by atoms with Crippen molar-refractivity contribution >= 4 is 33.9 Å². The molecular formula is C19H14BrF2NO5. The standard InChI is InChI=1S/C19H14BrF2NO5/c1-25-14-8-10(9-15(26-2)16(14)27-19(21)22)7-13-18(24)28-17(23-13)11-5-3-4-6-12(11)20/h3-9,19H,1-2H3/b13-7-. The summed E-state index contributed by atoms with van der Waals surface area (Å²) in [5.41, 5.74) is 1.09. The quantitative estimate of drug-likeness (QED) is 0.478. The number of hydrogen-bond donors (Lipinski definition) is 0. The highest BCUT2D eigenvalue weighted by Gasteiger charge is 2.26. The van der Waals surface area contributed by atoms with E-state index in [4.69, 9.17) is 14.2 Å². The highest BCUT2D eigenvalue weighted by molar-refractivity contribution is 9.10. The van der Waals surface area contributed by atoms with E-state index in [1.54, 1.807) is 18.2 Å². The van der Waals surface area contributed by atoms with E-state index in [2.05, 4.69) is 25.7 Å². The Morgan fingerprint density at radius 3 is 2.36 bits per heavy atom. The number of ether oxygens (including phenoxy) is 4. The molecule has 0 fully saturated rings. The first-order chi connectivity index (χ1) is 13.4. The molecule has 0 unspecified atom stereocenters. The van der Waals surface area contributed by atoms with Gasteiger partial charge in [-0.15, -0.1) is 0 Å². The Hall–Kier alpha value is -2.94. The lowest BCUT2D eigenvalue weighted by Crippen LogP contribution is -2.06. The number of cyclic esters (lactones) is 1. The topological polar surface area (TPSA) is 66.4 Å². The highest BCUT2D eigenvalue weighted by atomic mass is 79.9. The van der Waals surface area contributed by atoms with Gasteiger partial charge >= 0.3 is 12.6 Å². The number of esters is 1. The number of alkyl halides is 2. The first-order valence-corrected chi connectivity index (χ1v) is 8.70. The molecule has 1 aliphatic rings. The van der Waals surface area contributed by atoms with Crippen LogP contribution in [0, 0.1) is 0 Å². The minimum Gasteiger partial charge on any atom is -0.493 e. The van der Waals surface area contributed by atoms with Gasteiger partial charge in [0.25, 0.3) is 0 Å². The van der Waals surface area contributed by atoms with Gasteiger partial charge in [0.05, 0.1) is 19.8 Å². The maximum Gasteiger partial charge on any atom is 0.387 e. The van der Waals surface area contributed by atoms with Crippen molar-refractivity contribution in [1.29, 1.82) is 0 Å². The number of carbonyl (C=O) groups is 1. The first-order valence-electron chi connectivity index (χ1n) is 7.91. The molecular weight excluding hydrogens is 440 g/mol. The third-order valence-electron chi connectivity index (χ3n) is 3.72. The molecule has 9 heteroatoms. The molecule has 2 aromatic carbocycles. The molecule has 1 heterocycles. The maximum atomic E-state index is 12.6. The van der Waals surface area contributed by atoms with Crippen LogP contribution in [0.4, 0.5) is 8.78 Å². The van der Waals surface area contributed by atoms with Gasteiger partial charge in [-0.3, -0.25) is 0 Å². The van der Waals surface area contributed by atoms with E-state index in [-0.39, 0.29) is 28.8 Å². The molecule has 0 saturated heterocycles. The van der Waals surface area contributed by atoms with Crippen molar-refractivity contribution in [2.75, 3.05) is 14.2 Å². The van der Waals surface area contributed by atoms with Crippen molar-refractivity contribution in [3.63, 3.8) is 0 Å². The van der Waals surface area contributed by atoms with Crippen LogP contribution in [0.5, 0.6) is 17.2 Å². The number of rotatable bonds is 6. The Morgan fingerprint density at radius 2 is 1.79 bits per heavy atom. The zero-order valence-electron chi connectivity index (χ0n) is 14.7. The summed E-state index contributed by atoms with van der Waals surface area (Å²) >= 11 is 3.38.